The molecule has 0 aliphatic rings. The molecule has 120 valence electrons. The van der Waals surface area contributed by atoms with Gasteiger partial charge in [0.15, 0.2) is 6.61 Å². The second-order valence-corrected chi connectivity index (χ2v) is 5.54. The molecule has 0 aromatic heterocycles. The summed E-state index contributed by atoms with van der Waals surface area (Å²) in [6, 6.07) is 20.8. The molecule has 3 aromatic carbocycles. The van der Waals surface area contributed by atoms with E-state index in [1.165, 1.54) is 0 Å². The number of carbonyl (C=O) groups excluding carboxylic acids is 1. The average molecular weight is 339 g/mol. The molecule has 24 heavy (non-hydrogen) atoms. The summed E-state index contributed by atoms with van der Waals surface area (Å²) in [7, 11) is 0. The first kappa shape index (κ1) is 16.0. The third-order valence-corrected chi connectivity index (χ3v) is 3.62. The summed E-state index contributed by atoms with van der Waals surface area (Å²) < 4.78 is 5.35. The van der Waals surface area contributed by atoms with Gasteiger partial charge in [-0.25, -0.2) is 5.43 Å². The highest BCUT2D eigenvalue weighted by Crippen LogP contribution is 2.17. The standard InChI is InChI=1S/C19H15ClN2O2/c20-16-8-4-9-17(11-16)24-13-19(23)22-21-12-15-7-3-6-14-5-1-2-10-18(14)15/h1-12H,13H2,(H,22,23)/b21-12-. The zero-order chi connectivity index (χ0) is 16.8. The fourth-order valence-corrected chi connectivity index (χ4v) is 2.46. The van der Waals surface area contributed by atoms with E-state index in [-0.39, 0.29) is 12.5 Å². The van der Waals surface area contributed by atoms with Gasteiger partial charge in [-0.3, -0.25) is 4.79 Å². The first-order valence-corrected chi connectivity index (χ1v) is 7.78. The van der Waals surface area contributed by atoms with Gasteiger partial charge in [-0.1, -0.05) is 60.1 Å². The number of nitrogens with zero attached hydrogens (tertiary/aromatic N) is 1. The summed E-state index contributed by atoms with van der Waals surface area (Å²) in [5.74, 6) is 0.196. The molecular formula is C19H15ClN2O2. The molecule has 0 aliphatic carbocycles. The largest absolute Gasteiger partial charge is 0.484 e. The van der Waals surface area contributed by atoms with Crippen molar-refractivity contribution in [1.82, 2.24) is 5.43 Å². The molecule has 5 heteroatoms. The highest BCUT2D eigenvalue weighted by atomic mass is 35.5. The lowest BCUT2D eigenvalue weighted by molar-refractivity contribution is -0.123. The van der Waals surface area contributed by atoms with Gasteiger partial charge in [-0.15, -0.1) is 0 Å². The lowest BCUT2D eigenvalue weighted by Crippen LogP contribution is -2.24. The van der Waals surface area contributed by atoms with Gasteiger partial charge in [-0.2, -0.15) is 5.10 Å². The molecule has 1 N–H and O–H groups in total. The summed E-state index contributed by atoms with van der Waals surface area (Å²) in [6.45, 7) is -0.132. The molecule has 0 saturated heterocycles. The Balaban J connectivity index is 1.58. The van der Waals surface area contributed by atoms with Crippen molar-refractivity contribution in [3.63, 3.8) is 0 Å². The Bertz CT molecular complexity index is 888. The van der Waals surface area contributed by atoms with E-state index in [1.54, 1.807) is 30.5 Å². The summed E-state index contributed by atoms with van der Waals surface area (Å²) in [5.41, 5.74) is 3.39. The quantitative estimate of drug-likeness (QED) is 0.564. The Kier molecular flexibility index (Phi) is 5.08. The van der Waals surface area contributed by atoms with Gasteiger partial charge in [0, 0.05) is 10.6 Å². The van der Waals surface area contributed by atoms with Crippen LogP contribution in [0.1, 0.15) is 5.56 Å². The van der Waals surface area contributed by atoms with Gasteiger partial charge in [0.25, 0.3) is 5.91 Å². The molecule has 0 radical (unpaired) electrons. The predicted octanol–water partition coefficient (Wildman–Crippen LogP) is 4.02. The maximum atomic E-state index is 11.8. The number of carbonyl (C=O) groups is 1. The Morgan fingerprint density at radius 1 is 1.08 bits per heavy atom. The average Bonchev–Trinajstić information content (AvgIpc) is 2.60. The maximum absolute atomic E-state index is 11.8. The van der Waals surface area contributed by atoms with Crippen LogP contribution in [-0.2, 0) is 4.79 Å². The van der Waals surface area contributed by atoms with E-state index in [0.717, 1.165) is 16.3 Å². The number of rotatable bonds is 5. The van der Waals surface area contributed by atoms with Gasteiger partial charge in [-0.05, 0) is 29.0 Å². The molecule has 0 unspecified atom stereocenters. The van der Waals surface area contributed by atoms with Crippen LogP contribution in [0.3, 0.4) is 0 Å². The van der Waals surface area contributed by atoms with Crippen molar-refractivity contribution < 1.29 is 9.53 Å². The molecule has 3 aromatic rings. The number of halogens is 1. The van der Waals surface area contributed by atoms with Crippen LogP contribution < -0.4 is 10.2 Å². The molecule has 0 spiro atoms. The maximum Gasteiger partial charge on any atom is 0.277 e. The van der Waals surface area contributed by atoms with E-state index in [9.17, 15) is 4.79 Å². The van der Waals surface area contributed by atoms with Crippen molar-refractivity contribution in [2.45, 2.75) is 0 Å². The predicted molar refractivity (Wildman–Crippen MR) is 96.6 cm³/mol. The van der Waals surface area contributed by atoms with Crippen molar-refractivity contribution in [2.75, 3.05) is 6.61 Å². The molecule has 1 amide bonds. The summed E-state index contributed by atoms with van der Waals surface area (Å²) in [4.78, 5) is 11.8. The van der Waals surface area contributed by atoms with Crippen molar-refractivity contribution in [2.24, 2.45) is 5.10 Å². The third-order valence-electron chi connectivity index (χ3n) is 3.38. The van der Waals surface area contributed by atoms with Gasteiger partial charge >= 0.3 is 0 Å². The summed E-state index contributed by atoms with van der Waals surface area (Å²) in [5, 5.41) is 6.75. The molecule has 0 bridgehead atoms. The van der Waals surface area contributed by atoms with E-state index in [1.807, 2.05) is 42.5 Å². The zero-order valence-electron chi connectivity index (χ0n) is 12.8. The van der Waals surface area contributed by atoms with E-state index in [0.29, 0.717) is 10.8 Å². The van der Waals surface area contributed by atoms with Crippen LogP contribution in [0, 0.1) is 0 Å². The van der Waals surface area contributed by atoms with Gasteiger partial charge in [0.1, 0.15) is 5.75 Å². The number of amides is 1. The van der Waals surface area contributed by atoms with Gasteiger partial charge < -0.3 is 4.74 Å². The first-order valence-electron chi connectivity index (χ1n) is 7.40. The number of fused-ring (bicyclic) bond motifs is 1. The minimum absolute atomic E-state index is 0.132. The van der Waals surface area contributed by atoms with Crippen LogP contribution in [0.15, 0.2) is 71.8 Å². The fraction of sp³-hybridized carbons (Fsp3) is 0.0526. The Morgan fingerprint density at radius 2 is 1.88 bits per heavy atom. The number of benzene rings is 3. The lowest BCUT2D eigenvalue weighted by Gasteiger charge is -2.05. The number of hydrogen-bond donors (Lipinski definition) is 1. The minimum Gasteiger partial charge on any atom is -0.484 e. The van der Waals surface area contributed by atoms with E-state index in [2.05, 4.69) is 10.5 Å². The molecule has 0 atom stereocenters. The molecule has 0 aliphatic heterocycles. The summed E-state index contributed by atoms with van der Waals surface area (Å²) in [6.07, 6.45) is 1.62. The SMILES string of the molecule is O=C(COc1cccc(Cl)c1)N/N=C\c1cccc2ccccc12. The highest BCUT2D eigenvalue weighted by molar-refractivity contribution is 6.30. The highest BCUT2D eigenvalue weighted by Gasteiger charge is 2.02. The number of hydrazone groups is 1. The molecule has 0 saturated carbocycles. The Morgan fingerprint density at radius 3 is 2.75 bits per heavy atom. The number of hydrogen-bond acceptors (Lipinski definition) is 3. The topological polar surface area (TPSA) is 50.7 Å². The Hall–Kier alpha value is -2.85. The molecule has 3 rings (SSSR count). The molecular weight excluding hydrogens is 324 g/mol. The zero-order valence-corrected chi connectivity index (χ0v) is 13.5. The fourth-order valence-electron chi connectivity index (χ4n) is 2.27. The van der Waals surface area contributed by atoms with Crippen LogP contribution in [0.5, 0.6) is 5.75 Å². The van der Waals surface area contributed by atoms with E-state index >= 15 is 0 Å². The van der Waals surface area contributed by atoms with Crippen LogP contribution in [0.25, 0.3) is 10.8 Å². The van der Waals surface area contributed by atoms with E-state index in [4.69, 9.17) is 16.3 Å². The van der Waals surface area contributed by atoms with Crippen molar-refractivity contribution in [1.29, 1.82) is 0 Å². The van der Waals surface area contributed by atoms with Gasteiger partial charge in [0.2, 0.25) is 0 Å². The van der Waals surface area contributed by atoms with E-state index < -0.39 is 0 Å². The Labute approximate surface area is 144 Å². The first-order chi connectivity index (χ1) is 11.7. The third kappa shape index (κ3) is 4.12. The second-order valence-electron chi connectivity index (χ2n) is 5.11. The molecule has 0 heterocycles. The monoisotopic (exact) mass is 338 g/mol. The van der Waals surface area contributed by atoms with Gasteiger partial charge in [0.05, 0.1) is 6.21 Å². The smallest absolute Gasteiger partial charge is 0.277 e. The minimum atomic E-state index is -0.341. The van der Waals surface area contributed by atoms with Crippen molar-refractivity contribution in [3.05, 3.63) is 77.3 Å². The van der Waals surface area contributed by atoms with Crippen molar-refractivity contribution in [3.8, 4) is 5.75 Å². The normalized spacial score (nSPS) is 10.9. The lowest BCUT2D eigenvalue weighted by atomic mass is 10.1. The van der Waals surface area contributed by atoms with Crippen LogP contribution in [0.2, 0.25) is 5.02 Å². The molecule has 0 fully saturated rings. The number of nitrogens with one attached hydrogen (secondary N) is 1. The number of ether oxygens (including phenoxy) is 1. The summed E-state index contributed by atoms with van der Waals surface area (Å²) >= 11 is 5.86. The second kappa shape index (κ2) is 7.62. The molecule has 4 nitrogen and oxygen atoms in total. The van der Waals surface area contributed by atoms with Crippen molar-refractivity contribution >= 4 is 34.5 Å². The van der Waals surface area contributed by atoms with Crippen LogP contribution in [0.4, 0.5) is 0 Å². The van der Waals surface area contributed by atoms with Crippen LogP contribution >= 0.6 is 11.6 Å². The van der Waals surface area contributed by atoms with Crippen LogP contribution in [-0.4, -0.2) is 18.7 Å².